The molecule has 2 amide bonds. The van der Waals surface area contributed by atoms with E-state index in [1.165, 1.54) is 4.90 Å². The molecule has 31 heavy (non-hydrogen) atoms. The highest BCUT2D eigenvalue weighted by Gasteiger charge is 2.25. The van der Waals surface area contributed by atoms with Crippen LogP contribution in [-0.4, -0.2) is 43.0 Å². The maximum absolute atomic E-state index is 13.2. The monoisotopic (exact) mass is 422 g/mol. The third kappa shape index (κ3) is 3.95. The van der Waals surface area contributed by atoms with Crippen molar-refractivity contribution in [1.82, 2.24) is 4.90 Å². The van der Waals surface area contributed by atoms with Gasteiger partial charge >= 0.3 is 0 Å². The Balaban J connectivity index is 1.51. The van der Waals surface area contributed by atoms with E-state index in [9.17, 15) is 9.59 Å². The summed E-state index contributed by atoms with van der Waals surface area (Å²) in [6.07, 6.45) is 0. The maximum Gasteiger partial charge on any atom is 0.290 e. The van der Waals surface area contributed by atoms with Crippen LogP contribution in [0.1, 0.15) is 34.2 Å². The van der Waals surface area contributed by atoms with Crippen LogP contribution in [-0.2, 0) is 4.79 Å². The molecule has 1 aliphatic rings. The Hall–Kier alpha value is -3.48. The Kier molecular flexibility index (Phi) is 5.59. The number of fused-ring (bicyclic) bond motifs is 2. The molecular weight excluding hydrogens is 396 g/mol. The van der Waals surface area contributed by atoms with Crippen molar-refractivity contribution in [3.8, 4) is 11.5 Å². The molecule has 0 saturated heterocycles. The molecule has 0 fully saturated rings. The topological polar surface area (TPSA) is 81.0 Å². The molecule has 2 aromatic carbocycles. The number of rotatable bonds is 5. The van der Waals surface area contributed by atoms with Crippen LogP contribution < -0.4 is 14.8 Å². The summed E-state index contributed by atoms with van der Waals surface area (Å²) in [6.45, 7) is 8.94. The lowest BCUT2D eigenvalue weighted by atomic mass is 10.0. The van der Waals surface area contributed by atoms with Crippen molar-refractivity contribution in [3.05, 3.63) is 52.8 Å². The molecule has 3 aromatic rings. The normalized spacial score (nSPS) is 12.6. The summed E-state index contributed by atoms with van der Waals surface area (Å²) in [5.74, 6) is 0.929. The Bertz CT molecular complexity index is 1160. The van der Waals surface area contributed by atoms with Crippen molar-refractivity contribution in [1.29, 1.82) is 0 Å². The Morgan fingerprint density at radius 3 is 2.42 bits per heavy atom. The van der Waals surface area contributed by atoms with Gasteiger partial charge < -0.3 is 24.1 Å². The number of likely N-dealkylation sites (N-methyl/N-ethyl adjacent to an activating group) is 1. The number of hydrogen-bond donors (Lipinski definition) is 1. The van der Waals surface area contributed by atoms with Gasteiger partial charge in [0.15, 0.2) is 17.3 Å². The van der Waals surface area contributed by atoms with E-state index in [1.807, 2.05) is 39.8 Å². The SMILES string of the molecule is CCN(CC(=O)Nc1ccc2c(c1)OCCO2)C(=O)c1oc2c(C)ccc(C)c2c1C. The van der Waals surface area contributed by atoms with Gasteiger partial charge in [0, 0.05) is 29.2 Å². The summed E-state index contributed by atoms with van der Waals surface area (Å²) in [5, 5.41) is 3.78. The quantitative estimate of drug-likeness (QED) is 0.666. The lowest BCUT2D eigenvalue weighted by Gasteiger charge is -2.21. The Morgan fingerprint density at radius 2 is 1.71 bits per heavy atom. The molecule has 162 valence electrons. The molecule has 1 N–H and O–H groups in total. The molecule has 0 radical (unpaired) electrons. The predicted octanol–water partition coefficient (Wildman–Crippen LogP) is 4.23. The van der Waals surface area contributed by atoms with E-state index in [1.54, 1.807) is 18.2 Å². The van der Waals surface area contributed by atoms with Crippen LogP contribution in [0.2, 0.25) is 0 Å². The number of ether oxygens (including phenoxy) is 2. The summed E-state index contributed by atoms with van der Waals surface area (Å²) < 4.78 is 17.0. The number of anilines is 1. The Labute approximate surface area is 180 Å². The molecule has 1 aliphatic heterocycles. The van der Waals surface area contributed by atoms with Crippen molar-refractivity contribution in [3.63, 3.8) is 0 Å². The molecule has 1 aromatic heterocycles. The van der Waals surface area contributed by atoms with Gasteiger partial charge in [0.25, 0.3) is 5.91 Å². The highest BCUT2D eigenvalue weighted by Crippen LogP contribution is 2.33. The number of hydrogen-bond acceptors (Lipinski definition) is 5. The lowest BCUT2D eigenvalue weighted by Crippen LogP contribution is -2.38. The second-order valence-electron chi connectivity index (χ2n) is 7.69. The molecule has 0 atom stereocenters. The van der Waals surface area contributed by atoms with Gasteiger partial charge in [-0.15, -0.1) is 0 Å². The molecule has 2 heterocycles. The van der Waals surface area contributed by atoms with Crippen LogP contribution >= 0.6 is 0 Å². The smallest absolute Gasteiger partial charge is 0.290 e. The van der Waals surface area contributed by atoms with Gasteiger partial charge in [-0.05, 0) is 51.0 Å². The van der Waals surface area contributed by atoms with Crippen LogP contribution in [0.4, 0.5) is 5.69 Å². The maximum atomic E-state index is 13.2. The van der Waals surface area contributed by atoms with Crippen LogP contribution in [0.15, 0.2) is 34.7 Å². The van der Waals surface area contributed by atoms with Crippen LogP contribution in [0.3, 0.4) is 0 Å². The largest absolute Gasteiger partial charge is 0.486 e. The number of carbonyl (C=O) groups is 2. The van der Waals surface area contributed by atoms with Gasteiger partial charge in [-0.25, -0.2) is 0 Å². The van der Waals surface area contributed by atoms with Crippen molar-refractivity contribution < 1.29 is 23.5 Å². The summed E-state index contributed by atoms with van der Waals surface area (Å²) in [5.41, 5.74) is 4.14. The predicted molar refractivity (Wildman–Crippen MR) is 118 cm³/mol. The number of carbonyl (C=O) groups excluding carboxylic acids is 2. The third-order valence-electron chi connectivity index (χ3n) is 5.51. The number of furan rings is 1. The molecule has 0 saturated carbocycles. The summed E-state index contributed by atoms with van der Waals surface area (Å²) in [4.78, 5) is 27.3. The summed E-state index contributed by atoms with van der Waals surface area (Å²) in [7, 11) is 0. The number of nitrogens with zero attached hydrogens (tertiary/aromatic N) is 1. The molecule has 0 unspecified atom stereocenters. The molecule has 0 spiro atoms. The first-order valence-corrected chi connectivity index (χ1v) is 10.4. The first kappa shape index (κ1) is 20.8. The average Bonchev–Trinajstić information content (AvgIpc) is 3.12. The van der Waals surface area contributed by atoms with Gasteiger partial charge in [0.1, 0.15) is 25.3 Å². The fourth-order valence-corrected chi connectivity index (χ4v) is 3.84. The number of benzene rings is 2. The first-order valence-electron chi connectivity index (χ1n) is 10.4. The zero-order chi connectivity index (χ0) is 22.1. The van der Waals surface area contributed by atoms with Gasteiger partial charge in [-0.2, -0.15) is 0 Å². The Morgan fingerprint density at radius 1 is 1.00 bits per heavy atom. The number of amides is 2. The highest BCUT2D eigenvalue weighted by atomic mass is 16.6. The van der Waals surface area contributed by atoms with Crippen LogP contribution in [0.25, 0.3) is 11.0 Å². The minimum atomic E-state index is -0.299. The van der Waals surface area contributed by atoms with E-state index in [0.717, 1.165) is 27.7 Å². The fourth-order valence-electron chi connectivity index (χ4n) is 3.84. The van der Waals surface area contributed by atoms with Gasteiger partial charge in [0.05, 0.1) is 0 Å². The van der Waals surface area contributed by atoms with Crippen LogP contribution in [0, 0.1) is 20.8 Å². The number of nitrogens with one attached hydrogen (secondary N) is 1. The van der Waals surface area contributed by atoms with E-state index in [2.05, 4.69) is 5.32 Å². The molecule has 0 aliphatic carbocycles. The summed E-state index contributed by atoms with van der Waals surface area (Å²) in [6, 6.07) is 9.23. The zero-order valence-corrected chi connectivity index (χ0v) is 18.2. The van der Waals surface area contributed by atoms with Crippen molar-refractivity contribution >= 4 is 28.5 Å². The average molecular weight is 422 g/mol. The fraction of sp³-hybridized carbons (Fsp3) is 0.333. The third-order valence-corrected chi connectivity index (χ3v) is 5.51. The molecule has 7 nitrogen and oxygen atoms in total. The van der Waals surface area contributed by atoms with Crippen molar-refractivity contribution in [2.45, 2.75) is 27.7 Å². The minimum Gasteiger partial charge on any atom is -0.486 e. The van der Waals surface area contributed by atoms with Crippen molar-refractivity contribution in [2.24, 2.45) is 0 Å². The standard InChI is InChI=1S/C24H26N2O5/c1-5-26(13-20(27)25-17-8-9-18-19(12-17)30-11-10-29-18)24(28)23-16(4)21-14(2)6-7-15(3)22(21)31-23/h6-9,12H,5,10-11,13H2,1-4H3,(H,25,27). The lowest BCUT2D eigenvalue weighted by molar-refractivity contribution is -0.116. The van der Waals surface area contributed by atoms with Gasteiger partial charge in [0.2, 0.25) is 5.91 Å². The molecular formula is C24H26N2O5. The van der Waals surface area contributed by atoms with E-state index in [-0.39, 0.29) is 24.1 Å². The zero-order valence-electron chi connectivity index (χ0n) is 18.2. The molecule has 7 heteroatoms. The summed E-state index contributed by atoms with van der Waals surface area (Å²) >= 11 is 0. The first-order chi connectivity index (χ1) is 14.9. The van der Waals surface area contributed by atoms with Gasteiger partial charge in [-0.3, -0.25) is 9.59 Å². The minimum absolute atomic E-state index is 0.0851. The van der Waals surface area contributed by atoms with E-state index in [0.29, 0.717) is 36.9 Å². The van der Waals surface area contributed by atoms with Crippen molar-refractivity contribution in [2.75, 3.05) is 31.6 Å². The number of aryl methyl sites for hydroxylation is 3. The van der Waals surface area contributed by atoms with E-state index < -0.39 is 0 Å². The molecule has 0 bridgehead atoms. The highest BCUT2D eigenvalue weighted by molar-refractivity contribution is 6.02. The second kappa shape index (κ2) is 8.34. The van der Waals surface area contributed by atoms with E-state index >= 15 is 0 Å². The van der Waals surface area contributed by atoms with Gasteiger partial charge in [-0.1, -0.05) is 12.1 Å². The van der Waals surface area contributed by atoms with E-state index in [4.69, 9.17) is 13.9 Å². The molecule has 4 rings (SSSR count). The van der Waals surface area contributed by atoms with Crippen LogP contribution in [0.5, 0.6) is 11.5 Å². The second-order valence-corrected chi connectivity index (χ2v) is 7.69.